The maximum absolute atomic E-state index is 11.5. The first-order valence-electron chi connectivity index (χ1n) is 6.03. The molecule has 82 valence electrons. The Hall–Kier alpha value is -0.330. The Morgan fingerprint density at radius 3 is 2.43 bits per heavy atom. The highest BCUT2D eigenvalue weighted by molar-refractivity contribution is 5.79. The van der Waals surface area contributed by atoms with E-state index in [9.17, 15) is 4.79 Å². The van der Waals surface area contributed by atoms with Crippen molar-refractivity contribution in [2.75, 3.05) is 0 Å². The van der Waals surface area contributed by atoms with Gasteiger partial charge in [-0.2, -0.15) is 0 Å². The monoisotopic (exact) mass is 196 g/mol. The largest absolute Gasteiger partial charge is 0.300 e. The summed E-state index contributed by atoms with van der Waals surface area (Å²) in [6.07, 6.45) is 5.17. The highest BCUT2D eigenvalue weighted by Gasteiger charge is 2.38. The van der Waals surface area contributed by atoms with Gasteiger partial charge in [0.2, 0.25) is 0 Å². The minimum atomic E-state index is 0.380. The molecule has 0 N–H and O–H groups in total. The molecule has 0 heterocycles. The molecule has 1 heteroatoms. The zero-order valence-electron chi connectivity index (χ0n) is 10.1. The topological polar surface area (TPSA) is 17.1 Å². The van der Waals surface area contributed by atoms with Crippen molar-refractivity contribution in [3.05, 3.63) is 0 Å². The minimum absolute atomic E-state index is 0.380. The van der Waals surface area contributed by atoms with Crippen molar-refractivity contribution in [2.24, 2.45) is 17.3 Å². The standard InChI is InChI=1S/C13H24O/c1-5-10(6-2)12-9-11(14)7-8-13(12,3)4/h10,12H,5-9H2,1-4H3. The predicted octanol–water partition coefficient (Wildman–Crippen LogP) is 3.82. The van der Waals surface area contributed by atoms with Gasteiger partial charge in [0.1, 0.15) is 5.78 Å². The number of ketones is 1. The van der Waals surface area contributed by atoms with Crippen LogP contribution in [0.3, 0.4) is 0 Å². The molecule has 1 fully saturated rings. The summed E-state index contributed by atoms with van der Waals surface area (Å²) >= 11 is 0. The fourth-order valence-electron chi connectivity index (χ4n) is 2.93. The number of rotatable bonds is 3. The number of carbonyl (C=O) groups is 1. The Kier molecular flexibility index (Phi) is 3.74. The molecule has 1 aliphatic carbocycles. The summed E-state index contributed by atoms with van der Waals surface area (Å²) < 4.78 is 0. The molecule has 1 unspecified atom stereocenters. The van der Waals surface area contributed by atoms with Gasteiger partial charge in [0.25, 0.3) is 0 Å². The summed E-state index contributed by atoms with van der Waals surface area (Å²) in [4.78, 5) is 11.5. The summed E-state index contributed by atoms with van der Waals surface area (Å²) in [5.74, 6) is 1.86. The van der Waals surface area contributed by atoms with E-state index in [1.165, 1.54) is 12.8 Å². The lowest BCUT2D eigenvalue weighted by molar-refractivity contribution is -0.125. The summed E-state index contributed by atoms with van der Waals surface area (Å²) in [6, 6.07) is 0. The Bertz CT molecular complexity index is 201. The highest BCUT2D eigenvalue weighted by Crippen LogP contribution is 2.45. The van der Waals surface area contributed by atoms with Crippen molar-refractivity contribution in [3.8, 4) is 0 Å². The summed E-state index contributed by atoms with van der Waals surface area (Å²) in [7, 11) is 0. The van der Waals surface area contributed by atoms with E-state index >= 15 is 0 Å². The van der Waals surface area contributed by atoms with E-state index < -0.39 is 0 Å². The van der Waals surface area contributed by atoms with Gasteiger partial charge < -0.3 is 0 Å². The Morgan fingerprint density at radius 1 is 1.36 bits per heavy atom. The molecule has 14 heavy (non-hydrogen) atoms. The third-order valence-corrected chi connectivity index (χ3v) is 4.12. The van der Waals surface area contributed by atoms with Crippen molar-refractivity contribution < 1.29 is 4.79 Å². The van der Waals surface area contributed by atoms with Crippen LogP contribution in [0.15, 0.2) is 0 Å². The lowest BCUT2D eigenvalue weighted by atomic mass is 9.62. The van der Waals surface area contributed by atoms with Gasteiger partial charge in [0.15, 0.2) is 0 Å². The van der Waals surface area contributed by atoms with Crippen LogP contribution in [0.2, 0.25) is 0 Å². The molecule has 1 aliphatic rings. The quantitative estimate of drug-likeness (QED) is 0.670. The van der Waals surface area contributed by atoms with Gasteiger partial charge in [-0.25, -0.2) is 0 Å². The second-order valence-electron chi connectivity index (χ2n) is 5.41. The molecule has 1 rings (SSSR count). The molecule has 0 amide bonds. The SMILES string of the molecule is CCC(CC)C1CC(=O)CCC1(C)C. The van der Waals surface area contributed by atoms with Crippen molar-refractivity contribution in [2.45, 2.75) is 59.8 Å². The van der Waals surface area contributed by atoms with Crippen LogP contribution in [0.1, 0.15) is 59.8 Å². The fraction of sp³-hybridized carbons (Fsp3) is 0.923. The molecule has 0 aromatic rings. The molecule has 1 atom stereocenters. The van der Waals surface area contributed by atoms with Crippen molar-refractivity contribution in [1.29, 1.82) is 0 Å². The lowest BCUT2D eigenvalue weighted by Crippen LogP contribution is -2.36. The minimum Gasteiger partial charge on any atom is -0.300 e. The van der Waals surface area contributed by atoms with E-state index in [1.807, 2.05) is 0 Å². The molecule has 1 nitrogen and oxygen atoms in total. The number of hydrogen-bond donors (Lipinski definition) is 0. The smallest absolute Gasteiger partial charge is 0.133 e. The molecule has 1 saturated carbocycles. The van der Waals surface area contributed by atoms with Crippen LogP contribution >= 0.6 is 0 Å². The summed E-state index contributed by atoms with van der Waals surface area (Å²) in [5, 5.41) is 0. The molecule has 0 bridgehead atoms. The zero-order chi connectivity index (χ0) is 10.8. The molecular weight excluding hydrogens is 172 g/mol. The maximum Gasteiger partial charge on any atom is 0.133 e. The maximum atomic E-state index is 11.5. The predicted molar refractivity (Wildman–Crippen MR) is 60.2 cm³/mol. The van der Waals surface area contributed by atoms with Crippen LogP contribution < -0.4 is 0 Å². The summed E-state index contributed by atoms with van der Waals surface area (Å²) in [5.41, 5.74) is 0.380. The van der Waals surface area contributed by atoms with Crippen LogP contribution in [0.4, 0.5) is 0 Å². The average molecular weight is 196 g/mol. The molecule has 0 radical (unpaired) electrons. The van der Waals surface area contributed by atoms with E-state index in [1.54, 1.807) is 0 Å². The highest BCUT2D eigenvalue weighted by atomic mass is 16.1. The molecule has 0 spiro atoms. The van der Waals surface area contributed by atoms with Crippen molar-refractivity contribution in [1.82, 2.24) is 0 Å². The Balaban J connectivity index is 2.75. The van der Waals surface area contributed by atoms with Crippen molar-refractivity contribution in [3.63, 3.8) is 0 Å². The molecule has 0 saturated heterocycles. The van der Waals surface area contributed by atoms with Gasteiger partial charge in [-0.1, -0.05) is 40.5 Å². The third-order valence-electron chi connectivity index (χ3n) is 4.12. The van der Waals surface area contributed by atoms with E-state index in [-0.39, 0.29) is 0 Å². The number of carbonyl (C=O) groups excluding carboxylic acids is 1. The van der Waals surface area contributed by atoms with Gasteiger partial charge in [-0.05, 0) is 23.7 Å². The van der Waals surface area contributed by atoms with Gasteiger partial charge in [0, 0.05) is 12.8 Å². The van der Waals surface area contributed by atoms with Crippen LogP contribution in [0.25, 0.3) is 0 Å². The lowest BCUT2D eigenvalue weighted by Gasteiger charge is -2.42. The van der Waals surface area contributed by atoms with E-state index in [0.717, 1.165) is 25.2 Å². The first-order valence-corrected chi connectivity index (χ1v) is 6.03. The van der Waals surface area contributed by atoms with Crippen molar-refractivity contribution >= 4 is 5.78 Å². The second kappa shape index (κ2) is 4.46. The number of hydrogen-bond acceptors (Lipinski definition) is 1. The van der Waals surface area contributed by atoms with E-state index in [4.69, 9.17) is 0 Å². The summed E-state index contributed by atoms with van der Waals surface area (Å²) in [6.45, 7) is 9.18. The van der Waals surface area contributed by atoms with Gasteiger partial charge in [-0.3, -0.25) is 4.79 Å². The van der Waals surface area contributed by atoms with E-state index in [0.29, 0.717) is 17.1 Å². The Labute approximate surface area is 88.3 Å². The van der Waals surface area contributed by atoms with E-state index in [2.05, 4.69) is 27.7 Å². The Morgan fingerprint density at radius 2 is 1.93 bits per heavy atom. The fourth-order valence-corrected chi connectivity index (χ4v) is 2.93. The normalized spacial score (nSPS) is 26.9. The molecule has 0 aromatic carbocycles. The van der Waals surface area contributed by atoms with Crippen LogP contribution in [0.5, 0.6) is 0 Å². The molecule has 0 aliphatic heterocycles. The van der Waals surface area contributed by atoms with Crippen LogP contribution in [-0.2, 0) is 4.79 Å². The van der Waals surface area contributed by atoms with Gasteiger partial charge in [-0.15, -0.1) is 0 Å². The third kappa shape index (κ3) is 2.37. The van der Waals surface area contributed by atoms with Crippen LogP contribution in [0, 0.1) is 17.3 Å². The van der Waals surface area contributed by atoms with Gasteiger partial charge >= 0.3 is 0 Å². The number of Topliss-reactive ketones (excluding diaryl/α,β-unsaturated/α-hetero) is 1. The first kappa shape index (κ1) is 11.7. The molecular formula is C13H24O. The average Bonchev–Trinajstić information content (AvgIpc) is 2.13. The van der Waals surface area contributed by atoms with Gasteiger partial charge in [0.05, 0.1) is 0 Å². The van der Waals surface area contributed by atoms with Crippen LogP contribution in [-0.4, -0.2) is 5.78 Å². The molecule has 0 aromatic heterocycles. The zero-order valence-corrected chi connectivity index (χ0v) is 10.1. The first-order chi connectivity index (χ1) is 6.51. The second-order valence-corrected chi connectivity index (χ2v) is 5.41.